The molecule has 1 aromatic heterocycles. The average Bonchev–Trinajstić information content (AvgIpc) is 2.14. The smallest absolute Gasteiger partial charge is 0.230 e. The molecule has 0 aliphatic rings. The van der Waals surface area contributed by atoms with Crippen molar-refractivity contribution in [3.05, 3.63) is 5.51 Å². The second-order valence-electron chi connectivity index (χ2n) is 0.879. The van der Waals surface area contributed by atoms with Gasteiger partial charge in [0.15, 0.2) is 0 Å². The lowest BCUT2D eigenvalue weighted by Crippen LogP contribution is -1.59. The van der Waals surface area contributed by atoms with Crippen molar-refractivity contribution in [2.75, 3.05) is 0 Å². The van der Waals surface area contributed by atoms with Gasteiger partial charge >= 0.3 is 0 Å². The van der Waals surface area contributed by atoms with Crippen LogP contribution in [0.1, 0.15) is 0 Å². The van der Waals surface area contributed by atoms with Gasteiger partial charge in [-0.05, 0) is 6.72 Å². The van der Waals surface area contributed by atoms with E-state index in [9.17, 15) is 0 Å². The number of hydrogen-bond acceptors (Lipinski definition) is 4. The van der Waals surface area contributed by atoms with Crippen LogP contribution < -0.4 is 0 Å². The Balaban J connectivity index is 2.96. The van der Waals surface area contributed by atoms with Crippen LogP contribution in [0, 0.1) is 0 Å². The van der Waals surface area contributed by atoms with E-state index in [-0.39, 0.29) is 0 Å². The highest BCUT2D eigenvalue weighted by molar-refractivity contribution is 7.13. The maximum absolute atomic E-state index is 3.57. The Kier molecular flexibility index (Phi) is 1.12. The summed E-state index contributed by atoms with van der Waals surface area (Å²) >= 11 is 1.37. The van der Waals surface area contributed by atoms with Crippen molar-refractivity contribution in [3.8, 4) is 0 Å². The maximum Gasteiger partial charge on any atom is 0.230 e. The third-order valence-corrected chi connectivity index (χ3v) is 1.11. The summed E-state index contributed by atoms with van der Waals surface area (Å²) in [6.45, 7) is 3.26. The molecular formula is C3H3N3S. The molecule has 0 radical (unpaired) electrons. The van der Waals surface area contributed by atoms with Crippen LogP contribution in [0.4, 0.5) is 5.13 Å². The molecule has 0 aliphatic heterocycles. The van der Waals surface area contributed by atoms with Gasteiger partial charge in [0.25, 0.3) is 0 Å². The predicted molar refractivity (Wildman–Crippen MR) is 29.1 cm³/mol. The Bertz CT molecular complexity index is 145. The molecule has 0 saturated carbocycles. The molecular weight excluding hydrogens is 110 g/mol. The van der Waals surface area contributed by atoms with Crippen molar-refractivity contribution in [1.29, 1.82) is 0 Å². The molecule has 0 bridgehead atoms. The Morgan fingerprint density at radius 3 is 3.00 bits per heavy atom. The van der Waals surface area contributed by atoms with Crippen LogP contribution in [0.3, 0.4) is 0 Å². The first-order valence-electron chi connectivity index (χ1n) is 1.66. The maximum atomic E-state index is 3.57. The Morgan fingerprint density at radius 1 is 1.86 bits per heavy atom. The van der Waals surface area contributed by atoms with Gasteiger partial charge in [-0.15, -0.1) is 10.2 Å². The van der Waals surface area contributed by atoms with E-state index in [1.807, 2.05) is 0 Å². The van der Waals surface area contributed by atoms with Gasteiger partial charge in [-0.1, -0.05) is 11.3 Å². The largest absolute Gasteiger partial charge is 0.234 e. The summed E-state index contributed by atoms with van der Waals surface area (Å²) in [6, 6.07) is 0. The van der Waals surface area contributed by atoms with E-state index in [1.165, 1.54) is 11.3 Å². The van der Waals surface area contributed by atoms with Gasteiger partial charge in [0.05, 0.1) is 0 Å². The molecule has 0 aliphatic carbocycles. The van der Waals surface area contributed by atoms with Crippen molar-refractivity contribution in [2.24, 2.45) is 4.99 Å². The summed E-state index contributed by atoms with van der Waals surface area (Å²) in [7, 11) is 0. The van der Waals surface area contributed by atoms with Crippen molar-refractivity contribution in [3.63, 3.8) is 0 Å². The minimum atomic E-state index is 0.625. The fourth-order valence-electron chi connectivity index (χ4n) is 0.236. The summed E-state index contributed by atoms with van der Waals surface area (Å²) < 4.78 is 0. The molecule has 0 N–H and O–H groups in total. The van der Waals surface area contributed by atoms with E-state index in [1.54, 1.807) is 5.51 Å². The lowest BCUT2D eigenvalue weighted by atomic mass is 11.2. The molecule has 0 aromatic carbocycles. The van der Waals surface area contributed by atoms with Crippen molar-refractivity contribution < 1.29 is 0 Å². The third kappa shape index (κ3) is 0.806. The van der Waals surface area contributed by atoms with Crippen LogP contribution >= 0.6 is 11.3 Å². The molecule has 4 heteroatoms. The minimum Gasteiger partial charge on any atom is -0.234 e. The molecule has 0 amide bonds. The van der Waals surface area contributed by atoms with Crippen LogP contribution in [-0.2, 0) is 0 Å². The first-order chi connectivity index (χ1) is 3.43. The van der Waals surface area contributed by atoms with E-state index in [0.717, 1.165) is 0 Å². The second-order valence-corrected chi connectivity index (χ2v) is 1.69. The first kappa shape index (κ1) is 4.39. The Labute approximate surface area is 44.7 Å². The van der Waals surface area contributed by atoms with E-state index in [0.29, 0.717) is 5.13 Å². The third-order valence-electron chi connectivity index (χ3n) is 0.484. The van der Waals surface area contributed by atoms with Crippen molar-refractivity contribution in [1.82, 2.24) is 10.2 Å². The molecule has 7 heavy (non-hydrogen) atoms. The zero-order valence-corrected chi connectivity index (χ0v) is 4.35. The zero-order chi connectivity index (χ0) is 5.11. The molecule has 0 saturated heterocycles. The van der Waals surface area contributed by atoms with Gasteiger partial charge in [0.1, 0.15) is 5.51 Å². The summed E-state index contributed by atoms with van der Waals surface area (Å²) in [4.78, 5) is 3.53. The summed E-state index contributed by atoms with van der Waals surface area (Å²) in [6.07, 6.45) is 0. The number of aromatic nitrogens is 2. The predicted octanol–water partition coefficient (Wildman–Crippen LogP) is 0.870. The summed E-state index contributed by atoms with van der Waals surface area (Å²) in [5.74, 6) is 0. The number of hydrogen-bond donors (Lipinski definition) is 0. The van der Waals surface area contributed by atoms with Crippen molar-refractivity contribution in [2.45, 2.75) is 0 Å². The fraction of sp³-hybridized carbons (Fsp3) is 0. The molecule has 3 nitrogen and oxygen atoms in total. The van der Waals surface area contributed by atoms with Gasteiger partial charge in [0, 0.05) is 0 Å². The van der Waals surface area contributed by atoms with Crippen molar-refractivity contribution >= 4 is 23.2 Å². The van der Waals surface area contributed by atoms with Gasteiger partial charge in [-0.25, -0.2) is 4.99 Å². The zero-order valence-electron chi connectivity index (χ0n) is 3.53. The monoisotopic (exact) mass is 113 g/mol. The highest BCUT2D eigenvalue weighted by Gasteiger charge is 1.83. The lowest BCUT2D eigenvalue weighted by molar-refractivity contribution is 1.08. The van der Waals surface area contributed by atoms with Crippen LogP contribution in [0.25, 0.3) is 0 Å². The number of nitrogens with zero attached hydrogens (tertiary/aromatic N) is 3. The molecule has 0 fully saturated rings. The quantitative estimate of drug-likeness (QED) is 0.507. The van der Waals surface area contributed by atoms with Crippen LogP contribution in [0.2, 0.25) is 0 Å². The van der Waals surface area contributed by atoms with E-state index < -0.39 is 0 Å². The normalized spacial score (nSPS) is 8.57. The molecule has 1 aromatic rings. The number of rotatable bonds is 1. The first-order valence-corrected chi connectivity index (χ1v) is 2.54. The second kappa shape index (κ2) is 1.79. The standard InChI is InChI=1S/C3H3N3S/c1-4-3-6-5-2-7-3/h2H,1H2. The van der Waals surface area contributed by atoms with Crippen LogP contribution in [-0.4, -0.2) is 16.9 Å². The minimum absolute atomic E-state index is 0.625. The molecule has 1 rings (SSSR count). The number of aliphatic imine (C=N–C) groups is 1. The lowest BCUT2D eigenvalue weighted by Gasteiger charge is -1.67. The van der Waals surface area contributed by atoms with Gasteiger partial charge in [-0.2, -0.15) is 0 Å². The molecule has 0 spiro atoms. The highest BCUT2D eigenvalue weighted by atomic mass is 32.1. The van der Waals surface area contributed by atoms with Gasteiger partial charge in [-0.3, -0.25) is 0 Å². The molecule has 1 heterocycles. The Hall–Kier alpha value is -0.770. The van der Waals surface area contributed by atoms with Gasteiger partial charge in [0.2, 0.25) is 5.13 Å². The summed E-state index contributed by atoms with van der Waals surface area (Å²) in [5, 5.41) is 7.73. The van der Waals surface area contributed by atoms with E-state index >= 15 is 0 Å². The van der Waals surface area contributed by atoms with Crippen LogP contribution in [0.5, 0.6) is 0 Å². The summed E-state index contributed by atoms with van der Waals surface area (Å²) in [5.41, 5.74) is 1.62. The fourth-order valence-corrected chi connectivity index (χ4v) is 0.594. The van der Waals surface area contributed by atoms with Gasteiger partial charge < -0.3 is 0 Å². The molecule has 36 valence electrons. The van der Waals surface area contributed by atoms with Crippen LogP contribution in [0.15, 0.2) is 10.5 Å². The molecule has 0 unspecified atom stereocenters. The SMILES string of the molecule is C=Nc1nncs1. The Morgan fingerprint density at radius 2 is 2.71 bits per heavy atom. The topological polar surface area (TPSA) is 38.1 Å². The highest BCUT2D eigenvalue weighted by Crippen LogP contribution is 2.09. The molecule has 0 atom stereocenters. The van der Waals surface area contributed by atoms with E-state index in [4.69, 9.17) is 0 Å². The van der Waals surface area contributed by atoms with E-state index in [2.05, 4.69) is 21.9 Å². The average molecular weight is 113 g/mol.